The van der Waals surface area contributed by atoms with Crippen LogP contribution in [0.1, 0.15) is 33.6 Å². The minimum Gasteiger partial charge on any atom is -0.483 e. The molecule has 14 heavy (non-hydrogen) atoms. The van der Waals surface area contributed by atoms with E-state index >= 15 is 0 Å². The monoisotopic (exact) mass is 198 g/mol. The Morgan fingerprint density at radius 3 is 2.79 bits per heavy atom. The number of hydrogen-bond acceptors (Lipinski definition) is 3. The molecule has 1 aliphatic rings. The second kappa shape index (κ2) is 4.49. The van der Waals surface area contributed by atoms with Crippen molar-refractivity contribution in [3.63, 3.8) is 0 Å². The molecule has 0 spiro atoms. The Labute approximate surface area is 85.1 Å². The average Bonchev–Trinajstić information content (AvgIpc) is 2.19. The van der Waals surface area contributed by atoms with Gasteiger partial charge in [0.25, 0.3) is 0 Å². The Morgan fingerprint density at radius 1 is 1.64 bits per heavy atom. The lowest BCUT2D eigenvalue weighted by atomic mass is 9.84. The number of ether oxygens (including phenoxy) is 2. The zero-order valence-electron chi connectivity index (χ0n) is 9.08. The fourth-order valence-electron chi connectivity index (χ4n) is 1.66. The van der Waals surface area contributed by atoms with Gasteiger partial charge >= 0.3 is 5.97 Å². The molecule has 0 amide bonds. The molecule has 0 N–H and O–H groups in total. The molecule has 3 heteroatoms. The Bertz CT molecular complexity index is 233. The highest BCUT2D eigenvalue weighted by Crippen LogP contribution is 2.32. The summed E-state index contributed by atoms with van der Waals surface area (Å²) in [5.41, 5.74) is -0.759. The van der Waals surface area contributed by atoms with Gasteiger partial charge in [0.2, 0.25) is 5.60 Å². The topological polar surface area (TPSA) is 35.5 Å². The molecule has 1 heterocycles. The van der Waals surface area contributed by atoms with Crippen molar-refractivity contribution in [1.29, 1.82) is 0 Å². The molecule has 0 aromatic heterocycles. The third-order valence-corrected chi connectivity index (χ3v) is 2.61. The summed E-state index contributed by atoms with van der Waals surface area (Å²) in [6.07, 6.45) is 5.12. The summed E-state index contributed by atoms with van der Waals surface area (Å²) in [6.45, 7) is 6.18. The van der Waals surface area contributed by atoms with Gasteiger partial charge in [-0.05, 0) is 19.4 Å². The highest BCUT2D eigenvalue weighted by molar-refractivity contribution is 5.80. The van der Waals surface area contributed by atoms with E-state index in [4.69, 9.17) is 9.47 Å². The first-order chi connectivity index (χ1) is 6.63. The van der Waals surface area contributed by atoms with Gasteiger partial charge < -0.3 is 9.47 Å². The molecule has 1 atom stereocenters. The van der Waals surface area contributed by atoms with Crippen molar-refractivity contribution in [3.8, 4) is 0 Å². The van der Waals surface area contributed by atoms with Crippen LogP contribution in [0.4, 0.5) is 0 Å². The van der Waals surface area contributed by atoms with E-state index in [1.807, 2.05) is 26.8 Å². The molecule has 0 fully saturated rings. The first-order valence-corrected chi connectivity index (χ1v) is 5.13. The fraction of sp³-hybridized carbons (Fsp3) is 0.727. The van der Waals surface area contributed by atoms with E-state index in [-0.39, 0.29) is 11.9 Å². The summed E-state index contributed by atoms with van der Waals surface area (Å²) in [6, 6.07) is 0. The third-order valence-electron chi connectivity index (χ3n) is 2.61. The van der Waals surface area contributed by atoms with Crippen LogP contribution in [0.25, 0.3) is 0 Å². The van der Waals surface area contributed by atoms with E-state index in [0.717, 1.165) is 6.42 Å². The number of carbonyl (C=O) groups is 1. The van der Waals surface area contributed by atoms with Crippen molar-refractivity contribution in [2.75, 3.05) is 6.61 Å². The van der Waals surface area contributed by atoms with Gasteiger partial charge in [-0.25, -0.2) is 4.79 Å². The highest BCUT2D eigenvalue weighted by Gasteiger charge is 2.45. The second-order valence-corrected chi connectivity index (χ2v) is 3.79. The molecule has 0 aliphatic carbocycles. The molecule has 0 bridgehead atoms. The number of hydrogen-bond donors (Lipinski definition) is 0. The lowest BCUT2D eigenvalue weighted by Crippen LogP contribution is -2.47. The number of allylic oxidation sites excluding steroid dienone is 1. The van der Waals surface area contributed by atoms with Gasteiger partial charge in [-0.2, -0.15) is 0 Å². The summed E-state index contributed by atoms with van der Waals surface area (Å²) >= 11 is 0. The minimum atomic E-state index is -0.759. The van der Waals surface area contributed by atoms with Crippen molar-refractivity contribution < 1.29 is 14.3 Å². The molecule has 3 nitrogen and oxygen atoms in total. The van der Waals surface area contributed by atoms with E-state index in [0.29, 0.717) is 13.0 Å². The van der Waals surface area contributed by atoms with E-state index < -0.39 is 5.60 Å². The van der Waals surface area contributed by atoms with Crippen LogP contribution in [0.3, 0.4) is 0 Å². The standard InChI is InChI=1S/C11H18O3/c1-4-13-10(12)11(9(2)3)7-5-6-8-14-11/h6,8-9H,4-5,7H2,1-3H3. The highest BCUT2D eigenvalue weighted by atomic mass is 16.6. The Morgan fingerprint density at radius 2 is 2.36 bits per heavy atom. The molecular formula is C11H18O3. The summed E-state index contributed by atoms with van der Waals surface area (Å²) < 4.78 is 10.5. The van der Waals surface area contributed by atoms with Crippen molar-refractivity contribution in [2.45, 2.75) is 39.2 Å². The maximum Gasteiger partial charge on any atom is 0.350 e. The molecule has 0 aromatic carbocycles. The molecule has 0 saturated carbocycles. The van der Waals surface area contributed by atoms with Crippen LogP contribution in [0.2, 0.25) is 0 Å². The SMILES string of the molecule is CCOC(=O)C1(C(C)C)CCC=CO1. The van der Waals surface area contributed by atoms with Gasteiger partial charge in [0.1, 0.15) is 0 Å². The van der Waals surface area contributed by atoms with Crippen LogP contribution in [-0.4, -0.2) is 18.2 Å². The minimum absolute atomic E-state index is 0.131. The van der Waals surface area contributed by atoms with Gasteiger partial charge in [0.15, 0.2) is 0 Å². The van der Waals surface area contributed by atoms with Crippen molar-refractivity contribution in [3.05, 3.63) is 12.3 Å². The van der Waals surface area contributed by atoms with Crippen LogP contribution < -0.4 is 0 Å². The van der Waals surface area contributed by atoms with E-state index in [2.05, 4.69) is 0 Å². The van der Waals surface area contributed by atoms with Gasteiger partial charge in [-0.15, -0.1) is 0 Å². The first-order valence-electron chi connectivity index (χ1n) is 5.13. The number of rotatable bonds is 3. The van der Waals surface area contributed by atoms with Crippen molar-refractivity contribution in [2.24, 2.45) is 5.92 Å². The molecule has 0 saturated heterocycles. The molecule has 0 aromatic rings. The van der Waals surface area contributed by atoms with Crippen molar-refractivity contribution >= 4 is 5.97 Å². The summed E-state index contributed by atoms with van der Waals surface area (Å²) in [5.74, 6) is -0.106. The maximum atomic E-state index is 11.8. The zero-order valence-corrected chi connectivity index (χ0v) is 9.08. The zero-order chi connectivity index (χ0) is 10.6. The lowest BCUT2D eigenvalue weighted by Gasteiger charge is -2.35. The number of esters is 1. The molecule has 80 valence electrons. The smallest absolute Gasteiger partial charge is 0.350 e. The van der Waals surface area contributed by atoms with Crippen LogP contribution in [0.15, 0.2) is 12.3 Å². The van der Waals surface area contributed by atoms with Crippen LogP contribution in [0.5, 0.6) is 0 Å². The molecule has 1 rings (SSSR count). The normalized spacial score (nSPS) is 26.0. The Balaban J connectivity index is 2.81. The predicted molar refractivity (Wildman–Crippen MR) is 53.7 cm³/mol. The second-order valence-electron chi connectivity index (χ2n) is 3.79. The van der Waals surface area contributed by atoms with E-state index in [1.165, 1.54) is 0 Å². The average molecular weight is 198 g/mol. The van der Waals surface area contributed by atoms with Gasteiger partial charge in [0, 0.05) is 12.3 Å². The van der Waals surface area contributed by atoms with Gasteiger partial charge in [0.05, 0.1) is 12.9 Å². The van der Waals surface area contributed by atoms with E-state index in [1.54, 1.807) is 6.26 Å². The molecule has 0 radical (unpaired) electrons. The quantitative estimate of drug-likeness (QED) is 0.652. The third kappa shape index (κ3) is 1.91. The lowest BCUT2D eigenvalue weighted by molar-refractivity contribution is -0.173. The van der Waals surface area contributed by atoms with Crippen molar-refractivity contribution in [1.82, 2.24) is 0 Å². The Hall–Kier alpha value is -0.990. The van der Waals surface area contributed by atoms with Crippen LogP contribution in [0, 0.1) is 5.92 Å². The van der Waals surface area contributed by atoms with E-state index in [9.17, 15) is 4.79 Å². The fourth-order valence-corrected chi connectivity index (χ4v) is 1.66. The van der Waals surface area contributed by atoms with Gasteiger partial charge in [-0.3, -0.25) is 0 Å². The maximum absolute atomic E-state index is 11.8. The summed E-state index contributed by atoms with van der Waals surface area (Å²) in [7, 11) is 0. The summed E-state index contributed by atoms with van der Waals surface area (Å²) in [4.78, 5) is 11.8. The molecular weight excluding hydrogens is 180 g/mol. The van der Waals surface area contributed by atoms with Crippen LogP contribution in [-0.2, 0) is 14.3 Å². The van der Waals surface area contributed by atoms with Gasteiger partial charge in [-0.1, -0.05) is 13.8 Å². The molecule has 1 aliphatic heterocycles. The first kappa shape index (κ1) is 11.1. The molecule has 1 unspecified atom stereocenters. The predicted octanol–water partition coefficient (Wildman–Crippen LogP) is 2.27. The Kier molecular flexibility index (Phi) is 3.55. The number of carbonyl (C=O) groups excluding carboxylic acids is 1. The summed E-state index contributed by atoms with van der Waals surface area (Å²) in [5, 5.41) is 0. The van der Waals surface area contributed by atoms with Crippen LogP contribution >= 0.6 is 0 Å². The largest absolute Gasteiger partial charge is 0.483 e.